The number of alkyl halides is 3. The van der Waals surface area contributed by atoms with Gasteiger partial charge in [-0.15, -0.1) is 0 Å². The molecule has 17 heavy (non-hydrogen) atoms. The van der Waals surface area contributed by atoms with Gasteiger partial charge in [-0.3, -0.25) is 4.79 Å². The summed E-state index contributed by atoms with van der Waals surface area (Å²) >= 11 is 0. The standard InChI is InChI=1S/C11H12F3NO2/c1-6-4-7(11(12,13)14)2-3-8(6)9(15)5-10(16)17/h2-4,9H,5,15H2,1H3,(H,16,17). The highest BCUT2D eigenvalue weighted by Crippen LogP contribution is 2.31. The molecule has 3 N–H and O–H groups in total. The molecule has 0 bridgehead atoms. The highest BCUT2D eigenvalue weighted by molar-refractivity contribution is 5.68. The summed E-state index contributed by atoms with van der Waals surface area (Å²) in [7, 11) is 0. The van der Waals surface area contributed by atoms with Crippen LogP contribution in [0.2, 0.25) is 0 Å². The molecule has 3 nitrogen and oxygen atoms in total. The van der Waals surface area contributed by atoms with Crippen LogP contribution in [-0.2, 0) is 11.0 Å². The van der Waals surface area contributed by atoms with Crippen molar-refractivity contribution in [2.75, 3.05) is 0 Å². The molecule has 0 spiro atoms. The van der Waals surface area contributed by atoms with Gasteiger partial charge in [0.1, 0.15) is 0 Å². The minimum atomic E-state index is -4.40. The number of aliphatic carboxylic acids is 1. The molecule has 0 aliphatic heterocycles. The predicted molar refractivity (Wildman–Crippen MR) is 55.4 cm³/mol. The molecule has 0 fully saturated rings. The Labute approximate surface area is 96.0 Å². The van der Waals surface area contributed by atoms with Crippen molar-refractivity contribution in [3.05, 3.63) is 34.9 Å². The Kier molecular flexibility index (Phi) is 3.77. The van der Waals surface area contributed by atoms with E-state index in [1.165, 1.54) is 13.0 Å². The van der Waals surface area contributed by atoms with Crippen LogP contribution in [0.1, 0.15) is 29.2 Å². The fourth-order valence-corrected chi connectivity index (χ4v) is 1.57. The van der Waals surface area contributed by atoms with E-state index in [2.05, 4.69) is 0 Å². The molecular weight excluding hydrogens is 235 g/mol. The Balaban J connectivity index is 3.02. The molecule has 0 aromatic heterocycles. The molecule has 0 aliphatic rings. The van der Waals surface area contributed by atoms with E-state index in [1.807, 2.05) is 0 Å². The van der Waals surface area contributed by atoms with E-state index in [1.54, 1.807) is 0 Å². The molecule has 0 amide bonds. The third-order valence-electron chi connectivity index (χ3n) is 2.39. The van der Waals surface area contributed by atoms with Crippen molar-refractivity contribution in [2.24, 2.45) is 5.73 Å². The summed E-state index contributed by atoms with van der Waals surface area (Å²) in [6.45, 7) is 1.48. The van der Waals surface area contributed by atoms with Gasteiger partial charge in [0.15, 0.2) is 0 Å². The lowest BCUT2D eigenvalue weighted by molar-refractivity contribution is -0.138. The Hall–Kier alpha value is -1.56. The van der Waals surface area contributed by atoms with Gasteiger partial charge in [-0.05, 0) is 30.2 Å². The number of carboxylic acid groups (broad SMARTS) is 1. The molecule has 0 heterocycles. The van der Waals surface area contributed by atoms with Crippen molar-refractivity contribution in [1.82, 2.24) is 0 Å². The van der Waals surface area contributed by atoms with Gasteiger partial charge in [0.05, 0.1) is 12.0 Å². The molecule has 1 atom stereocenters. The van der Waals surface area contributed by atoms with Gasteiger partial charge in [-0.1, -0.05) is 6.07 Å². The normalized spacial score (nSPS) is 13.5. The van der Waals surface area contributed by atoms with Gasteiger partial charge in [0, 0.05) is 6.04 Å². The first-order chi connectivity index (χ1) is 7.71. The first-order valence-corrected chi connectivity index (χ1v) is 4.87. The van der Waals surface area contributed by atoms with Gasteiger partial charge in [-0.2, -0.15) is 13.2 Å². The smallest absolute Gasteiger partial charge is 0.416 e. The number of halogens is 3. The van der Waals surface area contributed by atoms with Gasteiger partial charge in [-0.25, -0.2) is 0 Å². The molecular formula is C11H12F3NO2. The molecule has 0 aliphatic carbocycles. The van der Waals surface area contributed by atoms with Crippen LogP contribution in [0, 0.1) is 6.92 Å². The molecule has 0 saturated carbocycles. The Morgan fingerprint density at radius 3 is 2.47 bits per heavy atom. The maximum Gasteiger partial charge on any atom is 0.416 e. The summed E-state index contributed by atoms with van der Waals surface area (Å²) in [5, 5.41) is 8.56. The van der Waals surface area contributed by atoms with Gasteiger partial charge in [0.25, 0.3) is 0 Å². The zero-order chi connectivity index (χ0) is 13.2. The van der Waals surface area contributed by atoms with E-state index in [0.717, 1.165) is 12.1 Å². The first-order valence-electron chi connectivity index (χ1n) is 4.87. The minimum Gasteiger partial charge on any atom is -0.481 e. The second-order valence-corrected chi connectivity index (χ2v) is 3.77. The quantitative estimate of drug-likeness (QED) is 0.862. The molecule has 1 rings (SSSR count). The topological polar surface area (TPSA) is 63.3 Å². The minimum absolute atomic E-state index is 0.313. The number of carbonyl (C=O) groups is 1. The van der Waals surface area contributed by atoms with Gasteiger partial charge >= 0.3 is 12.1 Å². The molecule has 0 radical (unpaired) electrons. The fraction of sp³-hybridized carbons (Fsp3) is 0.364. The zero-order valence-corrected chi connectivity index (χ0v) is 9.08. The maximum absolute atomic E-state index is 12.4. The number of rotatable bonds is 3. The third kappa shape index (κ3) is 3.45. The number of benzene rings is 1. The molecule has 1 aromatic carbocycles. The monoisotopic (exact) mass is 247 g/mol. The van der Waals surface area contributed by atoms with E-state index in [4.69, 9.17) is 10.8 Å². The number of hydrogen-bond acceptors (Lipinski definition) is 2. The van der Waals surface area contributed by atoms with E-state index in [9.17, 15) is 18.0 Å². The lowest BCUT2D eigenvalue weighted by Crippen LogP contribution is -2.17. The van der Waals surface area contributed by atoms with Crippen molar-refractivity contribution in [2.45, 2.75) is 25.6 Å². The summed E-state index contributed by atoms with van der Waals surface area (Å²) in [4.78, 5) is 10.5. The van der Waals surface area contributed by atoms with Crippen LogP contribution in [0.4, 0.5) is 13.2 Å². The largest absolute Gasteiger partial charge is 0.481 e. The average Bonchev–Trinajstić information content (AvgIpc) is 2.14. The van der Waals surface area contributed by atoms with Crippen LogP contribution in [-0.4, -0.2) is 11.1 Å². The summed E-state index contributed by atoms with van der Waals surface area (Å²) in [5.74, 6) is -1.09. The lowest BCUT2D eigenvalue weighted by Gasteiger charge is -2.15. The van der Waals surface area contributed by atoms with Crippen LogP contribution in [0.15, 0.2) is 18.2 Å². The van der Waals surface area contributed by atoms with E-state index in [-0.39, 0.29) is 6.42 Å². The number of carboxylic acids is 1. The Morgan fingerprint density at radius 1 is 1.47 bits per heavy atom. The molecule has 1 unspecified atom stereocenters. The molecule has 6 heteroatoms. The average molecular weight is 247 g/mol. The summed E-state index contributed by atoms with van der Waals surface area (Å²) in [6, 6.07) is 2.31. The Morgan fingerprint density at radius 2 is 2.06 bits per heavy atom. The van der Waals surface area contributed by atoms with Crippen molar-refractivity contribution >= 4 is 5.97 Å². The second kappa shape index (κ2) is 4.75. The van der Waals surface area contributed by atoms with E-state index >= 15 is 0 Å². The van der Waals surface area contributed by atoms with Crippen LogP contribution in [0.25, 0.3) is 0 Å². The lowest BCUT2D eigenvalue weighted by atomic mass is 9.97. The molecule has 1 aromatic rings. The highest BCUT2D eigenvalue weighted by Gasteiger charge is 2.30. The third-order valence-corrected chi connectivity index (χ3v) is 2.39. The summed E-state index contributed by atoms with van der Waals surface area (Å²) in [5.41, 5.74) is 5.59. The van der Waals surface area contributed by atoms with Crippen molar-refractivity contribution in [1.29, 1.82) is 0 Å². The van der Waals surface area contributed by atoms with Gasteiger partial charge in [0.2, 0.25) is 0 Å². The zero-order valence-electron chi connectivity index (χ0n) is 9.08. The predicted octanol–water partition coefficient (Wildman–Crippen LogP) is 2.49. The van der Waals surface area contributed by atoms with Crippen LogP contribution in [0.5, 0.6) is 0 Å². The van der Waals surface area contributed by atoms with E-state index < -0.39 is 23.8 Å². The van der Waals surface area contributed by atoms with Crippen LogP contribution in [0.3, 0.4) is 0 Å². The summed E-state index contributed by atoms with van der Waals surface area (Å²) < 4.78 is 37.2. The number of nitrogens with two attached hydrogens (primary N) is 1. The van der Waals surface area contributed by atoms with Crippen molar-refractivity contribution < 1.29 is 23.1 Å². The second-order valence-electron chi connectivity index (χ2n) is 3.77. The van der Waals surface area contributed by atoms with Crippen LogP contribution >= 0.6 is 0 Å². The Bertz CT molecular complexity index is 429. The van der Waals surface area contributed by atoms with Crippen LogP contribution < -0.4 is 5.73 Å². The SMILES string of the molecule is Cc1cc(C(F)(F)F)ccc1C(N)CC(=O)O. The number of aryl methyl sites for hydroxylation is 1. The maximum atomic E-state index is 12.4. The first kappa shape index (κ1) is 13.5. The van der Waals surface area contributed by atoms with Gasteiger partial charge < -0.3 is 10.8 Å². The highest BCUT2D eigenvalue weighted by atomic mass is 19.4. The molecule has 0 saturated heterocycles. The van der Waals surface area contributed by atoms with Crippen molar-refractivity contribution in [3.8, 4) is 0 Å². The summed E-state index contributed by atoms with van der Waals surface area (Å²) in [6.07, 6.45) is -4.72. The van der Waals surface area contributed by atoms with Crippen molar-refractivity contribution in [3.63, 3.8) is 0 Å². The number of hydrogen-bond donors (Lipinski definition) is 2. The fourth-order valence-electron chi connectivity index (χ4n) is 1.57. The van der Waals surface area contributed by atoms with E-state index in [0.29, 0.717) is 11.1 Å². The molecule has 94 valence electrons.